The Labute approximate surface area is 124 Å². The van der Waals surface area contributed by atoms with Crippen molar-refractivity contribution < 1.29 is 4.74 Å². The van der Waals surface area contributed by atoms with Gasteiger partial charge in [-0.05, 0) is 37.1 Å². The van der Waals surface area contributed by atoms with E-state index in [1.807, 2.05) is 42.9 Å². The Morgan fingerprint density at radius 2 is 2.15 bits per heavy atom. The van der Waals surface area contributed by atoms with Crippen molar-refractivity contribution in [3.05, 3.63) is 46.2 Å². The van der Waals surface area contributed by atoms with Gasteiger partial charge < -0.3 is 10.5 Å². The molecule has 0 radical (unpaired) electrons. The maximum absolute atomic E-state index is 6.21. The van der Waals surface area contributed by atoms with Crippen molar-refractivity contribution in [1.82, 2.24) is 9.78 Å². The molecule has 0 spiro atoms. The van der Waals surface area contributed by atoms with E-state index < -0.39 is 0 Å². The van der Waals surface area contributed by atoms with Crippen LogP contribution in [0.3, 0.4) is 0 Å². The van der Waals surface area contributed by atoms with Crippen LogP contribution in [0.25, 0.3) is 0 Å². The molecule has 20 heavy (non-hydrogen) atoms. The highest BCUT2D eigenvalue weighted by Gasteiger charge is 2.08. The summed E-state index contributed by atoms with van der Waals surface area (Å²) in [4.78, 5) is 0. The molecule has 2 rings (SSSR count). The number of aryl methyl sites for hydroxylation is 2. The summed E-state index contributed by atoms with van der Waals surface area (Å²) in [6, 6.07) is 7.66. The highest BCUT2D eigenvalue weighted by Crippen LogP contribution is 2.28. The molecule has 0 aliphatic carbocycles. The minimum atomic E-state index is -0.0364. The Morgan fingerprint density at radius 3 is 2.70 bits per heavy atom. The zero-order valence-corrected chi connectivity index (χ0v) is 12.8. The Hall–Kier alpha value is -1.52. The summed E-state index contributed by atoms with van der Waals surface area (Å²) in [5.74, 6) is 0.662. The molecule has 1 aromatic heterocycles. The molecule has 108 valence electrons. The number of nitrogens with two attached hydrogens (primary N) is 1. The molecular weight excluding hydrogens is 274 g/mol. The molecule has 1 atom stereocenters. The third-order valence-electron chi connectivity index (χ3n) is 3.25. The predicted molar refractivity (Wildman–Crippen MR) is 81.0 cm³/mol. The average molecular weight is 294 g/mol. The summed E-state index contributed by atoms with van der Waals surface area (Å²) in [6.07, 6.45) is 0.914. The normalized spacial score (nSPS) is 12.4. The van der Waals surface area contributed by atoms with Gasteiger partial charge in [0.15, 0.2) is 0 Å². The molecule has 0 aliphatic heterocycles. The first-order valence-corrected chi connectivity index (χ1v) is 7.08. The first-order valence-electron chi connectivity index (χ1n) is 6.71. The molecule has 1 heterocycles. The predicted octanol–water partition coefficient (Wildman–Crippen LogP) is 3.23. The molecule has 0 fully saturated rings. The van der Waals surface area contributed by atoms with Gasteiger partial charge in [0.1, 0.15) is 12.4 Å². The summed E-state index contributed by atoms with van der Waals surface area (Å²) in [5.41, 5.74) is 8.90. The van der Waals surface area contributed by atoms with Crippen LogP contribution < -0.4 is 10.5 Å². The number of benzene rings is 1. The molecule has 0 amide bonds. The van der Waals surface area contributed by atoms with Gasteiger partial charge in [0.05, 0.1) is 16.4 Å². The Morgan fingerprint density at radius 1 is 1.40 bits per heavy atom. The van der Waals surface area contributed by atoms with E-state index in [0.29, 0.717) is 17.4 Å². The van der Waals surface area contributed by atoms with Crippen LogP contribution in [0.5, 0.6) is 5.75 Å². The van der Waals surface area contributed by atoms with Crippen LogP contribution >= 0.6 is 11.6 Å². The van der Waals surface area contributed by atoms with Gasteiger partial charge in [-0.25, -0.2) is 0 Å². The highest BCUT2D eigenvalue weighted by atomic mass is 35.5. The van der Waals surface area contributed by atoms with E-state index in [1.54, 1.807) is 0 Å². The van der Waals surface area contributed by atoms with Crippen molar-refractivity contribution in [3.63, 3.8) is 0 Å². The number of hydrogen-bond acceptors (Lipinski definition) is 3. The molecule has 1 unspecified atom stereocenters. The molecule has 0 saturated heterocycles. The first-order chi connectivity index (χ1) is 9.51. The zero-order valence-electron chi connectivity index (χ0n) is 12.1. The molecule has 2 aromatic rings. The topological polar surface area (TPSA) is 53.1 Å². The van der Waals surface area contributed by atoms with Crippen molar-refractivity contribution in [2.24, 2.45) is 12.8 Å². The Balaban J connectivity index is 2.08. The molecule has 2 N–H and O–H groups in total. The van der Waals surface area contributed by atoms with Crippen molar-refractivity contribution in [2.45, 2.75) is 32.9 Å². The van der Waals surface area contributed by atoms with Crippen LogP contribution in [0.4, 0.5) is 0 Å². The molecule has 5 heteroatoms. The average Bonchev–Trinajstić information content (AvgIpc) is 2.78. The second-order valence-corrected chi connectivity index (χ2v) is 5.28. The largest absolute Gasteiger partial charge is 0.486 e. The van der Waals surface area contributed by atoms with E-state index in [2.05, 4.69) is 12.0 Å². The number of rotatable bonds is 5. The van der Waals surface area contributed by atoms with Crippen molar-refractivity contribution >= 4 is 11.6 Å². The fourth-order valence-electron chi connectivity index (χ4n) is 1.95. The number of ether oxygens (including phenoxy) is 1. The molecule has 0 saturated carbocycles. The van der Waals surface area contributed by atoms with E-state index in [9.17, 15) is 0 Å². The number of hydrogen-bond donors (Lipinski definition) is 1. The van der Waals surface area contributed by atoms with Crippen LogP contribution in [-0.4, -0.2) is 9.78 Å². The monoisotopic (exact) mass is 293 g/mol. The van der Waals surface area contributed by atoms with Crippen LogP contribution in [0.1, 0.15) is 36.8 Å². The van der Waals surface area contributed by atoms with E-state index >= 15 is 0 Å². The maximum Gasteiger partial charge on any atom is 0.138 e. The summed E-state index contributed by atoms with van der Waals surface area (Å²) < 4.78 is 7.60. The van der Waals surface area contributed by atoms with Gasteiger partial charge in [-0.3, -0.25) is 4.68 Å². The van der Waals surface area contributed by atoms with E-state index in [0.717, 1.165) is 23.4 Å². The standard InChI is InChI=1S/C15H20ClN3O/c1-4-12-8-13(19(3)18-12)9-20-15-6-5-11(10(2)17)7-14(15)16/h5-8,10H,4,9,17H2,1-3H3. The van der Waals surface area contributed by atoms with Crippen LogP contribution in [0.2, 0.25) is 5.02 Å². The summed E-state index contributed by atoms with van der Waals surface area (Å²) in [6.45, 7) is 4.45. The highest BCUT2D eigenvalue weighted by molar-refractivity contribution is 6.32. The summed E-state index contributed by atoms with van der Waals surface area (Å²) in [5, 5.41) is 4.97. The minimum Gasteiger partial charge on any atom is -0.486 e. The van der Waals surface area contributed by atoms with Crippen molar-refractivity contribution in [2.75, 3.05) is 0 Å². The second kappa shape index (κ2) is 6.29. The first kappa shape index (κ1) is 14.9. The third kappa shape index (κ3) is 3.32. The third-order valence-corrected chi connectivity index (χ3v) is 3.54. The molecule has 0 bridgehead atoms. The molecule has 1 aromatic carbocycles. The van der Waals surface area contributed by atoms with Gasteiger partial charge in [-0.1, -0.05) is 24.6 Å². The molecule has 0 aliphatic rings. The minimum absolute atomic E-state index is 0.0364. The van der Waals surface area contributed by atoms with E-state index in [4.69, 9.17) is 22.1 Å². The van der Waals surface area contributed by atoms with Crippen molar-refractivity contribution in [3.8, 4) is 5.75 Å². The molecule has 4 nitrogen and oxygen atoms in total. The van der Waals surface area contributed by atoms with Gasteiger partial charge in [-0.15, -0.1) is 0 Å². The van der Waals surface area contributed by atoms with Crippen LogP contribution in [0, 0.1) is 0 Å². The summed E-state index contributed by atoms with van der Waals surface area (Å²) >= 11 is 6.21. The maximum atomic E-state index is 6.21. The van der Waals surface area contributed by atoms with Gasteiger partial charge in [0, 0.05) is 13.1 Å². The number of nitrogens with zero attached hydrogens (tertiary/aromatic N) is 2. The fourth-order valence-corrected chi connectivity index (χ4v) is 2.19. The van der Waals surface area contributed by atoms with E-state index in [-0.39, 0.29) is 6.04 Å². The van der Waals surface area contributed by atoms with Gasteiger partial charge in [0.25, 0.3) is 0 Å². The lowest BCUT2D eigenvalue weighted by Crippen LogP contribution is -2.06. The van der Waals surface area contributed by atoms with Crippen molar-refractivity contribution in [1.29, 1.82) is 0 Å². The van der Waals surface area contributed by atoms with E-state index in [1.165, 1.54) is 0 Å². The number of halogens is 1. The fraction of sp³-hybridized carbons (Fsp3) is 0.400. The van der Waals surface area contributed by atoms with Crippen LogP contribution in [-0.2, 0) is 20.1 Å². The second-order valence-electron chi connectivity index (χ2n) is 4.87. The Kier molecular flexibility index (Phi) is 4.68. The Bertz CT molecular complexity index is 593. The lowest BCUT2D eigenvalue weighted by atomic mass is 10.1. The number of aromatic nitrogens is 2. The summed E-state index contributed by atoms with van der Waals surface area (Å²) in [7, 11) is 1.92. The van der Waals surface area contributed by atoms with Crippen LogP contribution in [0.15, 0.2) is 24.3 Å². The molecular formula is C15H20ClN3O. The quantitative estimate of drug-likeness (QED) is 0.921. The van der Waals surface area contributed by atoms with Gasteiger partial charge >= 0.3 is 0 Å². The SMILES string of the molecule is CCc1cc(COc2ccc(C(C)N)cc2Cl)n(C)n1. The van der Waals surface area contributed by atoms with Gasteiger partial charge in [0.2, 0.25) is 0 Å². The van der Waals surface area contributed by atoms with Gasteiger partial charge in [-0.2, -0.15) is 5.10 Å². The lowest BCUT2D eigenvalue weighted by Gasteiger charge is -2.11. The lowest BCUT2D eigenvalue weighted by molar-refractivity contribution is 0.295. The zero-order chi connectivity index (χ0) is 14.7. The smallest absolute Gasteiger partial charge is 0.138 e.